The van der Waals surface area contributed by atoms with Crippen LogP contribution in [0, 0.1) is 5.92 Å². The third kappa shape index (κ3) is 1.08. The maximum absolute atomic E-state index is 11.5. The van der Waals surface area contributed by atoms with E-state index < -0.39 is 0 Å². The van der Waals surface area contributed by atoms with Crippen molar-refractivity contribution in [3.63, 3.8) is 0 Å². The molecule has 0 bridgehead atoms. The number of methoxy groups -OCH3 is 1. The topological polar surface area (TPSA) is 26.3 Å². The first-order valence-electron chi connectivity index (χ1n) is 5.44. The fourth-order valence-electron chi connectivity index (χ4n) is 3.05. The molecule has 0 heterocycles. The molecule has 1 fully saturated rings. The molecule has 2 nitrogen and oxygen atoms in total. The molecule has 0 N–H and O–H groups in total. The number of fused-ring (bicyclic) bond motifs is 2. The summed E-state index contributed by atoms with van der Waals surface area (Å²) >= 11 is 0. The lowest BCUT2D eigenvalue weighted by molar-refractivity contribution is -0.142. The first-order chi connectivity index (χ1) is 7.28. The van der Waals surface area contributed by atoms with E-state index in [1.165, 1.54) is 18.2 Å². The van der Waals surface area contributed by atoms with Gasteiger partial charge in [-0.15, -0.1) is 0 Å². The number of carbonyl (C=O) groups is 1. The van der Waals surface area contributed by atoms with Crippen molar-refractivity contribution >= 4 is 5.97 Å². The second-order valence-electron chi connectivity index (χ2n) is 4.59. The molecule has 15 heavy (non-hydrogen) atoms. The summed E-state index contributed by atoms with van der Waals surface area (Å²) in [6, 6.07) is 8.49. The van der Waals surface area contributed by atoms with Gasteiger partial charge >= 0.3 is 5.97 Å². The van der Waals surface area contributed by atoms with Crippen molar-refractivity contribution in [2.45, 2.75) is 24.7 Å². The zero-order chi connectivity index (χ0) is 10.5. The van der Waals surface area contributed by atoms with E-state index in [2.05, 4.69) is 24.3 Å². The van der Waals surface area contributed by atoms with Crippen LogP contribution in [0.25, 0.3) is 0 Å². The molecule has 0 aliphatic heterocycles. The maximum Gasteiger partial charge on any atom is 0.309 e. The van der Waals surface area contributed by atoms with Crippen molar-refractivity contribution in [3.8, 4) is 0 Å². The minimum atomic E-state index is -0.0355. The van der Waals surface area contributed by atoms with E-state index in [0.717, 1.165) is 19.3 Å². The van der Waals surface area contributed by atoms with Crippen molar-refractivity contribution in [3.05, 3.63) is 35.4 Å². The van der Waals surface area contributed by atoms with E-state index in [4.69, 9.17) is 4.74 Å². The maximum atomic E-state index is 11.5. The quantitative estimate of drug-likeness (QED) is 0.651. The molecule has 2 atom stereocenters. The van der Waals surface area contributed by atoms with Crippen LogP contribution in [0.15, 0.2) is 24.3 Å². The molecule has 2 unspecified atom stereocenters. The Morgan fingerprint density at radius 3 is 3.07 bits per heavy atom. The SMILES string of the molecule is COC(=O)C1CC12CCc1ccccc12. The summed E-state index contributed by atoms with van der Waals surface area (Å²) < 4.78 is 4.84. The molecule has 0 saturated heterocycles. The average molecular weight is 202 g/mol. The van der Waals surface area contributed by atoms with E-state index in [0.29, 0.717) is 0 Å². The average Bonchev–Trinajstić information content (AvgIpc) is 2.89. The van der Waals surface area contributed by atoms with Gasteiger partial charge in [0.05, 0.1) is 13.0 Å². The van der Waals surface area contributed by atoms with Crippen molar-refractivity contribution in [1.29, 1.82) is 0 Å². The molecule has 1 saturated carbocycles. The highest BCUT2D eigenvalue weighted by Gasteiger charge is 2.61. The molecular formula is C13H14O2. The predicted molar refractivity (Wildman–Crippen MR) is 56.6 cm³/mol. The molecule has 2 aliphatic carbocycles. The van der Waals surface area contributed by atoms with Crippen LogP contribution < -0.4 is 0 Å². The van der Waals surface area contributed by atoms with Crippen LogP contribution in [-0.4, -0.2) is 13.1 Å². The lowest BCUT2D eigenvalue weighted by atomic mass is 9.95. The Bertz CT molecular complexity index is 424. The molecular weight excluding hydrogens is 188 g/mol. The van der Waals surface area contributed by atoms with Crippen molar-refractivity contribution in [2.24, 2.45) is 5.92 Å². The Hall–Kier alpha value is -1.31. The van der Waals surface area contributed by atoms with Gasteiger partial charge in [0.2, 0.25) is 0 Å². The summed E-state index contributed by atoms with van der Waals surface area (Å²) in [7, 11) is 1.48. The van der Waals surface area contributed by atoms with Crippen molar-refractivity contribution < 1.29 is 9.53 Å². The van der Waals surface area contributed by atoms with Gasteiger partial charge in [-0.3, -0.25) is 4.79 Å². The monoisotopic (exact) mass is 202 g/mol. The Balaban J connectivity index is 1.96. The Morgan fingerprint density at radius 1 is 1.47 bits per heavy atom. The summed E-state index contributed by atoms with van der Waals surface area (Å²) in [5, 5.41) is 0. The van der Waals surface area contributed by atoms with Crippen LogP contribution in [0.2, 0.25) is 0 Å². The summed E-state index contributed by atoms with van der Waals surface area (Å²) in [5.74, 6) is 0.0813. The van der Waals surface area contributed by atoms with Gasteiger partial charge in [-0.05, 0) is 30.4 Å². The Labute approximate surface area is 89.2 Å². The summed E-state index contributed by atoms with van der Waals surface area (Å²) in [4.78, 5) is 11.5. The number of hydrogen-bond acceptors (Lipinski definition) is 2. The number of hydrogen-bond donors (Lipinski definition) is 0. The molecule has 0 radical (unpaired) electrons. The number of esters is 1. The van der Waals surface area contributed by atoms with E-state index in [-0.39, 0.29) is 17.3 Å². The molecule has 2 aliphatic rings. The first-order valence-corrected chi connectivity index (χ1v) is 5.44. The number of carbonyl (C=O) groups excluding carboxylic acids is 1. The van der Waals surface area contributed by atoms with Gasteiger partial charge in [0.15, 0.2) is 0 Å². The van der Waals surface area contributed by atoms with Crippen LogP contribution >= 0.6 is 0 Å². The Kier molecular flexibility index (Phi) is 1.70. The van der Waals surface area contributed by atoms with Gasteiger partial charge in [-0.2, -0.15) is 0 Å². The molecule has 3 rings (SSSR count). The van der Waals surface area contributed by atoms with Gasteiger partial charge in [-0.1, -0.05) is 24.3 Å². The highest BCUT2D eigenvalue weighted by Crippen LogP contribution is 2.61. The van der Waals surface area contributed by atoms with Gasteiger partial charge in [0, 0.05) is 5.41 Å². The number of aryl methyl sites for hydroxylation is 1. The zero-order valence-corrected chi connectivity index (χ0v) is 8.82. The summed E-state index contributed by atoms with van der Waals surface area (Å²) in [6.45, 7) is 0. The third-order valence-electron chi connectivity index (χ3n) is 3.96. The molecule has 2 heteroatoms. The summed E-state index contributed by atoms with van der Waals surface area (Å²) in [5.41, 5.74) is 2.95. The molecule has 0 amide bonds. The van der Waals surface area contributed by atoms with E-state index in [1.54, 1.807) is 0 Å². The molecule has 1 aromatic rings. The van der Waals surface area contributed by atoms with Crippen LogP contribution in [0.4, 0.5) is 0 Å². The third-order valence-corrected chi connectivity index (χ3v) is 3.96. The van der Waals surface area contributed by atoms with Gasteiger partial charge in [0.1, 0.15) is 0 Å². The molecule has 1 spiro atoms. The predicted octanol–water partition coefficient (Wildman–Crippen LogP) is 2.06. The van der Waals surface area contributed by atoms with Crippen molar-refractivity contribution in [1.82, 2.24) is 0 Å². The summed E-state index contributed by atoms with van der Waals surface area (Å²) in [6.07, 6.45) is 3.21. The first kappa shape index (κ1) is 8.96. The highest BCUT2D eigenvalue weighted by molar-refractivity contribution is 5.79. The minimum absolute atomic E-state index is 0.0355. The molecule has 0 aromatic heterocycles. The standard InChI is InChI=1S/C13H14O2/c1-15-12(14)11-8-13(11)7-6-9-4-2-3-5-10(9)13/h2-5,11H,6-8H2,1H3. The lowest BCUT2D eigenvalue weighted by Crippen LogP contribution is -2.13. The smallest absolute Gasteiger partial charge is 0.309 e. The van der Waals surface area contributed by atoms with Crippen LogP contribution in [0.3, 0.4) is 0 Å². The van der Waals surface area contributed by atoms with Gasteiger partial charge in [0.25, 0.3) is 0 Å². The van der Waals surface area contributed by atoms with Crippen LogP contribution in [0.1, 0.15) is 24.0 Å². The minimum Gasteiger partial charge on any atom is -0.469 e. The fraction of sp³-hybridized carbons (Fsp3) is 0.462. The van der Waals surface area contributed by atoms with E-state index >= 15 is 0 Å². The highest BCUT2D eigenvalue weighted by atomic mass is 16.5. The van der Waals surface area contributed by atoms with Crippen LogP contribution in [-0.2, 0) is 21.4 Å². The zero-order valence-electron chi connectivity index (χ0n) is 8.82. The largest absolute Gasteiger partial charge is 0.469 e. The second-order valence-corrected chi connectivity index (χ2v) is 4.59. The van der Waals surface area contributed by atoms with Gasteiger partial charge < -0.3 is 4.74 Å². The van der Waals surface area contributed by atoms with Crippen molar-refractivity contribution in [2.75, 3.05) is 7.11 Å². The van der Waals surface area contributed by atoms with Crippen LogP contribution in [0.5, 0.6) is 0 Å². The molecule has 1 aromatic carbocycles. The fourth-order valence-corrected chi connectivity index (χ4v) is 3.05. The number of ether oxygens (including phenoxy) is 1. The lowest BCUT2D eigenvalue weighted by Gasteiger charge is -2.09. The molecule has 78 valence electrons. The van der Waals surface area contributed by atoms with E-state index in [9.17, 15) is 4.79 Å². The normalized spacial score (nSPS) is 31.4. The second kappa shape index (κ2) is 2.84. The van der Waals surface area contributed by atoms with Gasteiger partial charge in [-0.25, -0.2) is 0 Å². The Morgan fingerprint density at radius 2 is 2.27 bits per heavy atom. The van der Waals surface area contributed by atoms with E-state index in [1.807, 2.05) is 0 Å². The number of rotatable bonds is 1. The number of benzene rings is 1.